The van der Waals surface area contributed by atoms with Crippen molar-refractivity contribution < 1.29 is 9.53 Å². The van der Waals surface area contributed by atoms with Gasteiger partial charge in [-0.1, -0.05) is 5.92 Å². The summed E-state index contributed by atoms with van der Waals surface area (Å²) in [5.41, 5.74) is 0.543. The highest BCUT2D eigenvalue weighted by Crippen LogP contribution is 2.13. The van der Waals surface area contributed by atoms with Crippen LogP contribution in [0.3, 0.4) is 0 Å². The zero-order valence-electron chi connectivity index (χ0n) is 9.43. The van der Waals surface area contributed by atoms with E-state index in [1.807, 2.05) is 6.07 Å². The molecular weight excluding hydrogens is 216 g/mol. The van der Waals surface area contributed by atoms with Crippen molar-refractivity contribution in [2.75, 3.05) is 6.54 Å². The molecule has 1 amide bonds. The third kappa shape index (κ3) is 3.89. The minimum absolute atomic E-state index is 0.180. The standard InChI is InChI=1S/C13H12N2O2/c1-3-8-15-13(16)10(2)17-12-6-4-11(9-14)5-7-12/h1,4-7,10H,8H2,2H3,(H,15,16). The highest BCUT2D eigenvalue weighted by molar-refractivity contribution is 5.80. The van der Waals surface area contributed by atoms with Crippen molar-refractivity contribution in [1.82, 2.24) is 5.32 Å². The summed E-state index contributed by atoms with van der Waals surface area (Å²) in [6, 6.07) is 8.54. The van der Waals surface area contributed by atoms with Crippen molar-refractivity contribution in [2.24, 2.45) is 0 Å². The Hall–Kier alpha value is -2.46. The fourth-order valence-electron chi connectivity index (χ4n) is 1.15. The Bertz CT molecular complexity index is 466. The van der Waals surface area contributed by atoms with Crippen molar-refractivity contribution >= 4 is 5.91 Å². The Kier molecular flexibility index (Phi) is 4.59. The number of amides is 1. The maximum absolute atomic E-state index is 11.4. The predicted octanol–water partition coefficient (Wildman–Crippen LogP) is 1.07. The van der Waals surface area contributed by atoms with Gasteiger partial charge in [-0.2, -0.15) is 5.26 Å². The van der Waals surface area contributed by atoms with Crippen LogP contribution in [0.15, 0.2) is 24.3 Å². The van der Waals surface area contributed by atoms with Crippen LogP contribution in [0.25, 0.3) is 0 Å². The van der Waals surface area contributed by atoms with Crippen molar-refractivity contribution in [3.8, 4) is 24.2 Å². The van der Waals surface area contributed by atoms with Gasteiger partial charge in [0.2, 0.25) is 0 Å². The van der Waals surface area contributed by atoms with Crippen LogP contribution in [0.1, 0.15) is 12.5 Å². The van der Waals surface area contributed by atoms with Gasteiger partial charge in [-0.25, -0.2) is 0 Å². The van der Waals surface area contributed by atoms with Gasteiger partial charge in [0.15, 0.2) is 6.10 Å². The van der Waals surface area contributed by atoms with E-state index >= 15 is 0 Å². The van der Waals surface area contributed by atoms with E-state index in [1.54, 1.807) is 31.2 Å². The van der Waals surface area contributed by atoms with Gasteiger partial charge in [-0.15, -0.1) is 6.42 Å². The van der Waals surface area contributed by atoms with Crippen LogP contribution in [-0.4, -0.2) is 18.6 Å². The summed E-state index contributed by atoms with van der Waals surface area (Å²) < 4.78 is 5.38. The van der Waals surface area contributed by atoms with Crippen molar-refractivity contribution in [3.63, 3.8) is 0 Å². The van der Waals surface area contributed by atoms with Gasteiger partial charge in [0, 0.05) is 0 Å². The molecule has 0 fully saturated rings. The van der Waals surface area contributed by atoms with E-state index in [2.05, 4.69) is 11.2 Å². The molecule has 0 radical (unpaired) electrons. The topological polar surface area (TPSA) is 62.1 Å². The smallest absolute Gasteiger partial charge is 0.261 e. The summed E-state index contributed by atoms with van der Waals surface area (Å²) in [5.74, 6) is 2.57. The van der Waals surface area contributed by atoms with Gasteiger partial charge in [0.25, 0.3) is 5.91 Å². The SMILES string of the molecule is C#CCNC(=O)C(C)Oc1ccc(C#N)cc1. The largest absolute Gasteiger partial charge is 0.481 e. The van der Waals surface area contributed by atoms with Crippen molar-refractivity contribution in [2.45, 2.75) is 13.0 Å². The molecule has 1 N–H and O–H groups in total. The third-order valence-electron chi connectivity index (χ3n) is 2.03. The highest BCUT2D eigenvalue weighted by atomic mass is 16.5. The molecule has 0 aliphatic rings. The molecule has 1 aromatic rings. The monoisotopic (exact) mass is 228 g/mol. The van der Waals surface area contributed by atoms with E-state index in [4.69, 9.17) is 16.4 Å². The van der Waals surface area contributed by atoms with Gasteiger partial charge in [0.1, 0.15) is 5.75 Å². The molecule has 0 bridgehead atoms. The lowest BCUT2D eigenvalue weighted by atomic mass is 10.2. The van der Waals surface area contributed by atoms with Crippen LogP contribution < -0.4 is 10.1 Å². The van der Waals surface area contributed by atoms with Gasteiger partial charge in [-0.3, -0.25) is 4.79 Å². The lowest BCUT2D eigenvalue weighted by Gasteiger charge is -2.13. The zero-order chi connectivity index (χ0) is 12.7. The molecule has 0 aliphatic carbocycles. The van der Waals surface area contributed by atoms with Crippen LogP contribution in [0.2, 0.25) is 0 Å². The number of carbonyl (C=O) groups excluding carboxylic acids is 1. The maximum Gasteiger partial charge on any atom is 0.261 e. The van der Waals surface area contributed by atoms with Crippen molar-refractivity contribution in [1.29, 1.82) is 5.26 Å². The number of carbonyl (C=O) groups is 1. The minimum atomic E-state index is -0.628. The zero-order valence-corrected chi connectivity index (χ0v) is 9.43. The summed E-state index contributed by atoms with van der Waals surface area (Å²) in [6.07, 6.45) is 4.40. The molecular formula is C13H12N2O2. The Morgan fingerprint density at radius 2 is 2.18 bits per heavy atom. The molecule has 1 aromatic carbocycles. The number of rotatable bonds is 4. The number of hydrogen-bond donors (Lipinski definition) is 1. The number of hydrogen-bond acceptors (Lipinski definition) is 3. The van der Waals surface area contributed by atoms with Crippen LogP contribution in [0, 0.1) is 23.7 Å². The molecule has 86 valence electrons. The summed E-state index contributed by atoms with van der Waals surface area (Å²) in [4.78, 5) is 11.4. The number of ether oxygens (including phenoxy) is 1. The molecule has 4 nitrogen and oxygen atoms in total. The Balaban J connectivity index is 2.56. The van der Waals surface area contributed by atoms with Crippen molar-refractivity contribution in [3.05, 3.63) is 29.8 Å². The van der Waals surface area contributed by atoms with E-state index in [-0.39, 0.29) is 12.5 Å². The second kappa shape index (κ2) is 6.19. The average molecular weight is 228 g/mol. The Morgan fingerprint density at radius 3 is 2.71 bits per heavy atom. The predicted molar refractivity (Wildman–Crippen MR) is 63.1 cm³/mol. The van der Waals surface area contributed by atoms with Gasteiger partial charge < -0.3 is 10.1 Å². The normalized spacial score (nSPS) is 10.8. The second-order valence-electron chi connectivity index (χ2n) is 3.32. The first kappa shape index (κ1) is 12.6. The number of benzene rings is 1. The van der Waals surface area contributed by atoms with Gasteiger partial charge in [0.05, 0.1) is 18.2 Å². The molecule has 4 heteroatoms. The number of nitriles is 1. The first-order chi connectivity index (χ1) is 8.17. The number of terminal acetylenes is 1. The molecule has 0 heterocycles. The van der Waals surface area contributed by atoms with E-state index in [0.29, 0.717) is 11.3 Å². The van der Waals surface area contributed by atoms with Gasteiger partial charge >= 0.3 is 0 Å². The summed E-state index contributed by atoms with van der Waals surface area (Å²) in [5, 5.41) is 11.1. The first-order valence-electron chi connectivity index (χ1n) is 5.05. The van der Waals surface area contributed by atoms with E-state index in [9.17, 15) is 4.79 Å². The summed E-state index contributed by atoms with van der Waals surface area (Å²) in [7, 11) is 0. The highest BCUT2D eigenvalue weighted by Gasteiger charge is 2.13. The molecule has 1 atom stereocenters. The number of nitrogens with one attached hydrogen (secondary N) is 1. The fraction of sp³-hybridized carbons (Fsp3) is 0.231. The van der Waals surface area contributed by atoms with E-state index in [1.165, 1.54) is 0 Å². The Morgan fingerprint density at radius 1 is 1.53 bits per heavy atom. The molecule has 17 heavy (non-hydrogen) atoms. The van der Waals surface area contributed by atoms with E-state index < -0.39 is 6.10 Å². The molecule has 0 aromatic heterocycles. The maximum atomic E-state index is 11.4. The van der Waals surface area contributed by atoms with Gasteiger partial charge in [-0.05, 0) is 31.2 Å². The van der Waals surface area contributed by atoms with Crippen LogP contribution >= 0.6 is 0 Å². The molecule has 1 unspecified atom stereocenters. The lowest BCUT2D eigenvalue weighted by Crippen LogP contribution is -2.36. The van der Waals surface area contributed by atoms with E-state index in [0.717, 1.165) is 0 Å². The van der Waals surface area contributed by atoms with Crippen LogP contribution in [0.5, 0.6) is 5.75 Å². The minimum Gasteiger partial charge on any atom is -0.481 e. The lowest BCUT2D eigenvalue weighted by molar-refractivity contribution is -0.126. The van der Waals surface area contributed by atoms with Crippen LogP contribution in [0.4, 0.5) is 0 Å². The average Bonchev–Trinajstić information content (AvgIpc) is 2.36. The fourth-order valence-corrected chi connectivity index (χ4v) is 1.15. The quantitative estimate of drug-likeness (QED) is 0.784. The second-order valence-corrected chi connectivity index (χ2v) is 3.32. The molecule has 0 saturated heterocycles. The summed E-state index contributed by atoms with van der Waals surface area (Å²) >= 11 is 0. The third-order valence-corrected chi connectivity index (χ3v) is 2.03. The molecule has 0 spiro atoms. The Labute approximate surface area is 100 Å². The number of nitrogens with zero attached hydrogens (tertiary/aromatic N) is 1. The summed E-state index contributed by atoms with van der Waals surface area (Å²) in [6.45, 7) is 1.81. The molecule has 1 rings (SSSR count). The van der Waals surface area contributed by atoms with Crippen LogP contribution in [-0.2, 0) is 4.79 Å². The molecule has 0 aliphatic heterocycles. The molecule has 0 saturated carbocycles. The first-order valence-corrected chi connectivity index (χ1v) is 5.05.